The number of carbonyl (C=O) groups excluding carboxylic acids is 1. The smallest absolute Gasteiger partial charge is 0.251 e. The lowest BCUT2D eigenvalue weighted by atomic mass is 10.1. The fourth-order valence-electron chi connectivity index (χ4n) is 2.01. The molecule has 0 atom stereocenters. The molecule has 4 heteroatoms. The molecule has 0 fully saturated rings. The summed E-state index contributed by atoms with van der Waals surface area (Å²) in [5.74, 6) is 0.717. The fraction of sp³-hybridized carbons (Fsp3) is 0.286. The van der Waals surface area contributed by atoms with Crippen LogP contribution < -0.4 is 16.1 Å². The van der Waals surface area contributed by atoms with Crippen molar-refractivity contribution >= 4 is 18.4 Å². The number of hydrogen-bond acceptors (Lipinski definition) is 3. The summed E-state index contributed by atoms with van der Waals surface area (Å²) < 4.78 is 6.70. The fourth-order valence-corrected chi connectivity index (χ4v) is 2.01. The summed E-state index contributed by atoms with van der Waals surface area (Å²) >= 11 is 0. The number of rotatable bonds is 3. The lowest BCUT2D eigenvalue weighted by Gasteiger charge is -2.07. The molecule has 1 aliphatic carbocycles. The second-order valence-electron chi connectivity index (χ2n) is 4.03. The van der Waals surface area contributed by atoms with E-state index in [1.54, 1.807) is 19.3 Å². The minimum absolute atomic E-state index is 0.0589. The van der Waals surface area contributed by atoms with Crippen molar-refractivity contribution in [1.29, 1.82) is 0 Å². The minimum atomic E-state index is -0.179. The molecule has 1 aromatic heterocycles. The van der Waals surface area contributed by atoms with Gasteiger partial charge in [0.2, 0.25) is 0 Å². The molecular weight excluding hydrogens is 230 g/mol. The number of hydrogen-bond donors (Lipinski definition) is 0. The van der Waals surface area contributed by atoms with Crippen LogP contribution >= 0.6 is 0 Å². The third-order valence-electron chi connectivity index (χ3n) is 2.91. The average Bonchev–Trinajstić information content (AvgIpc) is 2.35. The number of aromatic nitrogens is 1. The summed E-state index contributed by atoms with van der Waals surface area (Å²) in [6, 6.07) is 3.28. The normalized spacial score (nSPS) is 16.1. The van der Waals surface area contributed by atoms with Crippen LogP contribution in [0, 0.1) is 0 Å². The number of allylic oxidation sites excluding steroid dienone is 2. The number of carbonyl (C=O) groups is 1. The van der Waals surface area contributed by atoms with E-state index in [4.69, 9.17) is 4.74 Å². The molecule has 0 aliphatic heterocycles. The number of ether oxygens (including phenoxy) is 1. The maximum Gasteiger partial charge on any atom is 0.251 e. The molecule has 0 saturated heterocycles. The highest BCUT2D eigenvalue weighted by Gasteiger charge is 2.02. The van der Waals surface area contributed by atoms with Crippen LogP contribution in [0.2, 0.25) is 0 Å². The zero-order valence-corrected chi connectivity index (χ0v) is 10.3. The third kappa shape index (κ3) is 2.42. The Morgan fingerprint density at radius 1 is 1.33 bits per heavy atom. The molecule has 94 valence electrons. The van der Waals surface area contributed by atoms with E-state index < -0.39 is 0 Å². The first-order chi connectivity index (χ1) is 8.76. The maximum absolute atomic E-state index is 11.8. The van der Waals surface area contributed by atoms with Gasteiger partial charge in [-0.05, 0) is 30.2 Å². The van der Waals surface area contributed by atoms with Crippen LogP contribution in [0.4, 0.5) is 0 Å². The van der Waals surface area contributed by atoms with Crippen molar-refractivity contribution in [3.63, 3.8) is 0 Å². The maximum atomic E-state index is 11.8. The molecule has 1 aromatic rings. The van der Waals surface area contributed by atoms with E-state index in [-0.39, 0.29) is 12.1 Å². The van der Waals surface area contributed by atoms with Crippen molar-refractivity contribution < 1.29 is 9.53 Å². The Balaban J connectivity index is 2.80. The van der Waals surface area contributed by atoms with E-state index in [1.165, 1.54) is 10.6 Å². The first-order valence-corrected chi connectivity index (χ1v) is 5.86. The molecule has 4 nitrogen and oxygen atoms in total. The van der Waals surface area contributed by atoms with Crippen molar-refractivity contribution in [2.45, 2.75) is 19.4 Å². The van der Waals surface area contributed by atoms with E-state index in [1.807, 2.05) is 6.08 Å². The Morgan fingerprint density at radius 2 is 2.11 bits per heavy atom. The Hall–Kier alpha value is -2.10. The van der Waals surface area contributed by atoms with Gasteiger partial charge in [-0.2, -0.15) is 0 Å². The predicted molar refractivity (Wildman–Crippen MR) is 69.3 cm³/mol. The lowest BCUT2D eigenvalue weighted by Crippen LogP contribution is -2.43. The monoisotopic (exact) mass is 245 g/mol. The van der Waals surface area contributed by atoms with Gasteiger partial charge in [0.25, 0.3) is 5.56 Å². The van der Waals surface area contributed by atoms with Gasteiger partial charge in [-0.15, -0.1) is 0 Å². The van der Waals surface area contributed by atoms with Crippen molar-refractivity contribution in [2.24, 2.45) is 0 Å². The van der Waals surface area contributed by atoms with Crippen molar-refractivity contribution in [2.75, 3.05) is 7.11 Å². The predicted octanol–water partition coefficient (Wildman–Crippen LogP) is -0.0677. The molecule has 0 bridgehead atoms. The molecule has 0 radical (unpaired) electrons. The molecule has 2 rings (SSSR count). The van der Waals surface area contributed by atoms with Gasteiger partial charge >= 0.3 is 0 Å². The number of nitrogens with zero attached hydrogens (tertiary/aromatic N) is 1. The first-order valence-electron chi connectivity index (χ1n) is 5.86. The minimum Gasteiger partial charge on any atom is -0.497 e. The van der Waals surface area contributed by atoms with E-state index in [2.05, 4.69) is 6.08 Å². The van der Waals surface area contributed by atoms with E-state index in [0.717, 1.165) is 35.5 Å². The van der Waals surface area contributed by atoms with Gasteiger partial charge < -0.3 is 14.1 Å². The van der Waals surface area contributed by atoms with Gasteiger partial charge in [-0.1, -0.05) is 6.08 Å². The molecule has 1 aliphatic rings. The van der Waals surface area contributed by atoms with Crippen LogP contribution in [-0.4, -0.2) is 18.0 Å². The van der Waals surface area contributed by atoms with Crippen molar-refractivity contribution in [3.8, 4) is 0 Å². The van der Waals surface area contributed by atoms with Crippen LogP contribution in [-0.2, 0) is 16.1 Å². The second kappa shape index (κ2) is 5.49. The van der Waals surface area contributed by atoms with E-state index in [0.29, 0.717) is 0 Å². The van der Waals surface area contributed by atoms with Gasteiger partial charge in [0.05, 0.1) is 19.0 Å². The standard InChI is InChI=1S/C14H15NO3/c1-18-12-5-3-2-4-11-6-7-14(17)15(8-9-16)13(11)10-12/h4-7,9-10H,2-3,8H2,1H3/b11-4+,12-5?,13-10?. The molecule has 0 saturated carbocycles. The van der Waals surface area contributed by atoms with E-state index >= 15 is 0 Å². The van der Waals surface area contributed by atoms with Crippen LogP contribution in [0.3, 0.4) is 0 Å². The van der Waals surface area contributed by atoms with Gasteiger partial charge in [-0.3, -0.25) is 4.79 Å². The third-order valence-corrected chi connectivity index (χ3v) is 2.91. The summed E-state index contributed by atoms with van der Waals surface area (Å²) in [7, 11) is 1.60. The molecule has 0 aromatic carbocycles. The molecular formula is C14H15NO3. The summed E-state index contributed by atoms with van der Waals surface area (Å²) in [5.41, 5.74) is -0.179. The lowest BCUT2D eigenvalue weighted by molar-refractivity contribution is -0.108. The SMILES string of the molecule is COC1=CCC/C=c2\ccc(=O)n(CC=O)c2=C1. The zero-order chi connectivity index (χ0) is 13.0. The second-order valence-corrected chi connectivity index (χ2v) is 4.03. The summed E-state index contributed by atoms with van der Waals surface area (Å²) in [6.45, 7) is 0.0589. The summed E-state index contributed by atoms with van der Waals surface area (Å²) in [4.78, 5) is 22.5. The zero-order valence-electron chi connectivity index (χ0n) is 10.3. The molecule has 18 heavy (non-hydrogen) atoms. The number of pyridine rings is 1. The molecule has 0 amide bonds. The average molecular weight is 245 g/mol. The number of methoxy groups -OCH3 is 1. The Bertz CT molecular complexity index is 653. The van der Waals surface area contributed by atoms with Crippen LogP contribution in [0.15, 0.2) is 28.8 Å². The number of fused-ring (bicyclic) bond motifs is 1. The Kier molecular flexibility index (Phi) is 3.77. The number of aldehydes is 1. The topological polar surface area (TPSA) is 48.3 Å². The molecule has 1 heterocycles. The van der Waals surface area contributed by atoms with Crippen molar-refractivity contribution in [1.82, 2.24) is 4.57 Å². The Morgan fingerprint density at radius 3 is 2.83 bits per heavy atom. The highest BCUT2D eigenvalue weighted by molar-refractivity contribution is 5.50. The summed E-state index contributed by atoms with van der Waals surface area (Å²) in [5, 5.41) is 1.68. The molecule has 0 spiro atoms. The quantitative estimate of drug-likeness (QED) is 0.701. The highest BCUT2D eigenvalue weighted by atomic mass is 16.5. The molecule has 0 N–H and O–H groups in total. The largest absolute Gasteiger partial charge is 0.497 e. The van der Waals surface area contributed by atoms with Crippen molar-refractivity contribution in [3.05, 3.63) is 44.9 Å². The summed E-state index contributed by atoms with van der Waals surface area (Å²) in [6.07, 6.45) is 8.34. The Labute approximate surface area is 105 Å². The highest BCUT2D eigenvalue weighted by Crippen LogP contribution is 2.03. The van der Waals surface area contributed by atoms with Gasteiger partial charge in [0.15, 0.2) is 0 Å². The van der Waals surface area contributed by atoms with Crippen LogP contribution in [0.1, 0.15) is 12.8 Å². The van der Waals surface area contributed by atoms with Gasteiger partial charge in [0.1, 0.15) is 12.0 Å². The molecule has 0 unspecified atom stereocenters. The van der Waals surface area contributed by atoms with Crippen LogP contribution in [0.5, 0.6) is 0 Å². The van der Waals surface area contributed by atoms with Crippen LogP contribution in [0.25, 0.3) is 12.2 Å². The van der Waals surface area contributed by atoms with Gasteiger partial charge in [0, 0.05) is 12.1 Å². The first kappa shape index (κ1) is 12.4. The van der Waals surface area contributed by atoms with Gasteiger partial charge in [-0.25, -0.2) is 0 Å². The van der Waals surface area contributed by atoms with E-state index in [9.17, 15) is 9.59 Å².